The molecule has 1 heterocycles. The van der Waals surface area contributed by atoms with E-state index in [1.807, 2.05) is 24.3 Å². The first-order valence-electron chi connectivity index (χ1n) is 6.52. The Hall–Kier alpha value is -1.26. The van der Waals surface area contributed by atoms with E-state index in [1.165, 1.54) is 0 Å². The SMILES string of the molecule is CCN(CC)C[C@H]1CN=C(c2ccc(N)cc2)O1.Cl. The topological polar surface area (TPSA) is 50.8 Å². The normalized spacial score (nSPS) is 17.8. The number of aliphatic imine (C=N–C) groups is 1. The van der Waals surface area contributed by atoms with Crippen molar-refractivity contribution >= 4 is 24.0 Å². The fourth-order valence-corrected chi connectivity index (χ4v) is 2.07. The van der Waals surface area contributed by atoms with Gasteiger partial charge >= 0.3 is 0 Å². The van der Waals surface area contributed by atoms with Crippen LogP contribution in [0, 0.1) is 0 Å². The number of halogens is 1. The summed E-state index contributed by atoms with van der Waals surface area (Å²) in [6, 6.07) is 7.65. The van der Waals surface area contributed by atoms with E-state index in [2.05, 4.69) is 23.7 Å². The van der Waals surface area contributed by atoms with Crippen LogP contribution >= 0.6 is 12.4 Å². The molecular weight excluding hydrogens is 262 g/mol. The zero-order valence-corrected chi connectivity index (χ0v) is 12.3. The van der Waals surface area contributed by atoms with Crippen LogP contribution in [0.1, 0.15) is 19.4 Å². The van der Waals surface area contributed by atoms with Crippen molar-refractivity contribution in [2.45, 2.75) is 20.0 Å². The van der Waals surface area contributed by atoms with E-state index >= 15 is 0 Å². The Kier molecular flexibility index (Phi) is 6.12. The fraction of sp³-hybridized carbons (Fsp3) is 0.500. The Balaban J connectivity index is 0.00000180. The third kappa shape index (κ3) is 4.11. The summed E-state index contributed by atoms with van der Waals surface area (Å²) >= 11 is 0. The van der Waals surface area contributed by atoms with Crippen LogP contribution in [0.25, 0.3) is 0 Å². The Bertz CT molecular complexity index is 415. The highest BCUT2D eigenvalue weighted by Crippen LogP contribution is 2.14. The number of nitrogen functional groups attached to an aromatic ring is 1. The van der Waals surface area contributed by atoms with Crippen molar-refractivity contribution in [2.75, 3.05) is 31.9 Å². The average molecular weight is 284 g/mol. The first-order valence-corrected chi connectivity index (χ1v) is 6.52. The van der Waals surface area contributed by atoms with Crippen LogP contribution in [0.3, 0.4) is 0 Å². The van der Waals surface area contributed by atoms with Gasteiger partial charge in [0, 0.05) is 17.8 Å². The van der Waals surface area contributed by atoms with Gasteiger partial charge in [-0.15, -0.1) is 12.4 Å². The maximum Gasteiger partial charge on any atom is 0.216 e. The van der Waals surface area contributed by atoms with Gasteiger partial charge in [-0.3, -0.25) is 0 Å². The van der Waals surface area contributed by atoms with Gasteiger partial charge in [0.25, 0.3) is 0 Å². The fourth-order valence-electron chi connectivity index (χ4n) is 2.07. The Labute approximate surface area is 121 Å². The smallest absolute Gasteiger partial charge is 0.216 e. The Morgan fingerprint density at radius 3 is 2.47 bits per heavy atom. The molecule has 0 bridgehead atoms. The summed E-state index contributed by atoms with van der Waals surface area (Å²) in [5, 5.41) is 0. The molecule has 0 saturated carbocycles. The monoisotopic (exact) mass is 283 g/mol. The van der Waals surface area contributed by atoms with E-state index in [0.29, 0.717) is 0 Å². The molecule has 1 aromatic carbocycles. The summed E-state index contributed by atoms with van der Waals surface area (Å²) in [6.07, 6.45) is 0.178. The minimum atomic E-state index is 0. The average Bonchev–Trinajstić information content (AvgIpc) is 2.85. The summed E-state index contributed by atoms with van der Waals surface area (Å²) in [5.41, 5.74) is 7.43. The van der Waals surface area contributed by atoms with Gasteiger partial charge < -0.3 is 15.4 Å². The van der Waals surface area contributed by atoms with Crippen LogP contribution in [0.15, 0.2) is 29.3 Å². The molecule has 0 fully saturated rings. The Morgan fingerprint density at radius 1 is 1.26 bits per heavy atom. The van der Waals surface area contributed by atoms with Crippen LogP contribution in [-0.2, 0) is 4.74 Å². The van der Waals surface area contributed by atoms with Crippen molar-refractivity contribution in [3.8, 4) is 0 Å². The van der Waals surface area contributed by atoms with Gasteiger partial charge in [0.2, 0.25) is 5.90 Å². The molecule has 2 N–H and O–H groups in total. The number of benzene rings is 1. The van der Waals surface area contributed by atoms with Crippen molar-refractivity contribution < 1.29 is 4.74 Å². The molecule has 4 nitrogen and oxygen atoms in total. The molecule has 1 atom stereocenters. The minimum absolute atomic E-state index is 0. The second-order valence-corrected chi connectivity index (χ2v) is 4.49. The molecule has 19 heavy (non-hydrogen) atoms. The molecule has 0 aromatic heterocycles. The lowest BCUT2D eigenvalue weighted by atomic mass is 10.2. The van der Waals surface area contributed by atoms with Crippen LogP contribution in [0.5, 0.6) is 0 Å². The van der Waals surface area contributed by atoms with Crippen molar-refractivity contribution in [2.24, 2.45) is 4.99 Å². The molecule has 1 aliphatic rings. The van der Waals surface area contributed by atoms with E-state index in [1.54, 1.807) is 0 Å². The molecule has 2 rings (SSSR count). The number of ether oxygens (including phenoxy) is 1. The van der Waals surface area contributed by atoms with Crippen LogP contribution in [-0.4, -0.2) is 43.1 Å². The van der Waals surface area contributed by atoms with Gasteiger partial charge in [-0.1, -0.05) is 13.8 Å². The highest BCUT2D eigenvalue weighted by atomic mass is 35.5. The zero-order chi connectivity index (χ0) is 13.0. The molecule has 1 aromatic rings. The van der Waals surface area contributed by atoms with Crippen LogP contribution in [0.4, 0.5) is 5.69 Å². The number of likely N-dealkylation sites (N-methyl/N-ethyl adjacent to an activating group) is 1. The van der Waals surface area contributed by atoms with Crippen molar-refractivity contribution in [3.05, 3.63) is 29.8 Å². The van der Waals surface area contributed by atoms with Gasteiger partial charge in [0.1, 0.15) is 6.10 Å². The minimum Gasteiger partial charge on any atom is -0.471 e. The molecular formula is C14H22ClN3O. The third-order valence-corrected chi connectivity index (χ3v) is 3.23. The second-order valence-electron chi connectivity index (χ2n) is 4.49. The number of rotatable bonds is 5. The van der Waals surface area contributed by atoms with E-state index in [4.69, 9.17) is 10.5 Å². The van der Waals surface area contributed by atoms with E-state index < -0.39 is 0 Å². The maximum atomic E-state index is 5.89. The predicted octanol–water partition coefficient (Wildman–Crippen LogP) is 2.18. The zero-order valence-electron chi connectivity index (χ0n) is 11.5. The molecule has 0 radical (unpaired) electrons. The van der Waals surface area contributed by atoms with Crippen LogP contribution < -0.4 is 5.73 Å². The number of nitrogens with two attached hydrogens (primary N) is 1. The summed E-state index contributed by atoms with van der Waals surface area (Å²) in [6.45, 7) is 8.12. The number of anilines is 1. The first-order chi connectivity index (χ1) is 8.72. The number of nitrogens with zero attached hydrogens (tertiary/aromatic N) is 2. The van der Waals surface area contributed by atoms with Crippen molar-refractivity contribution in [3.63, 3.8) is 0 Å². The molecule has 5 heteroatoms. The first kappa shape index (κ1) is 15.8. The molecule has 0 saturated heterocycles. The van der Waals surface area contributed by atoms with E-state index in [0.717, 1.165) is 43.3 Å². The predicted molar refractivity (Wildman–Crippen MR) is 82.2 cm³/mol. The Morgan fingerprint density at radius 2 is 1.89 bits per heavy atom. The maximum absolute atomic E-state index is 5.89. The van der Waals surface area contributed by atoms with Crippen LogP contribution in [0.2, 0.25) is 0 Å². The molecule has 1 aliphatic heterocycles. The number of hydrogen-bond acceptors (Lipinski definition) is 4. The summed E-state index contributed by atoms with van der Waals surface area (Å²) in [5.74, 6) is 0.743. The van der Waals surface area contributed by atoms with E-state index in [9.17, 15) is 0 Å². The van der Waals surface area contributed by atoms with E-state index in [-0.39, 0.29) is 18.5 Å². The third-order valence-electron chi connectivity index (χ3n) is 3.23. The van der Waals surface area contributed by atoms with Crippen molar-refractivity contribution in [1.29, 1.82) is 0 Å². The quantitative estimate of drug-likeness (QED) is 0.843. The largest absolute Gasteiger partial charge is 0.471 e. The standard InChI is InChI=1S/C14H21N3O.ClH/c1-3-17(4-2)10-13-9-16-14(18-13)11-5-7-12(15)8-6-11;/h5-8,13H,3-4,9-10,15H2,1-2H3;1H/t13-;/m1./s1. The molecule has 0 aliphatic carbocycles. The second kappa shape index (κ2) is 7.36. The molecule has 0 unspecified atom stereocenters. The molecule has 0 spiro atoms. The lowest BCUT2D eigenvalue weighted by Crippen LogP contribution is -2.34. The van der Waals surface area contributed by atoms with Gasteiger partial charge in [0.15, 0.2) is 0 Å². The van der Waals surface area contributed by atoms with Gasteiger partial charge in [-0.05, 0) is 37.4 Å². The lowest BCUT2D eigenvalue weighted by Gasteiger charge is -2.21. The summed E-state index contributed by atoms with van der Waals surface area (Å²) in [7, 11) is 0. The van der Waals surface area contributed by atoms with Crippen molar-refractivity contribution in [1.82, 2.24) is 4.90 Å². The lowest BCUT2D eigenvalue weighted by molar-refractivity contribution is 0.154. The van der Waals surface area contributed by atoms with Gasteiger partial charge in [-0.2, -0.15) is 0 Å². The van der Waals surface area contributed by atoms with Gasteiger partial charge in [-0.25, -0.2) is 4.99 Å². The highest BCUT2D eigenvalue weighted by molar-refractivity contribution is 5.95. The molecule has 0 amide bonds. The molecule has 106 valence electrons. The number of hydrogen-bond donors (Lipinski definition) is 1. The van der Waals surface area contributed by atoms with Gasteiger partial charge in [0.05, 0.1) is 6.54 Å². The highest BCUT2D eigenvalue weighted by Gasteiger charge is 2.22. The summed E-state index contributed by atoms with van der Waals surface area (Å²) in [4.78, 5) is 6.82. The summed E-state index contributed by atoms with van der Waals surface area (Å²) < 4.78 is 5.89.